The molecule has 0 atom stereocenters. The summed E-state index contributed by atoms with van der Waals surface area (Å²) < 4.78 is 1.92. The number of aryl methyl sites for hydroxylation is 1. The molecule has 2 N–H and O–H groups in total. The van der Waals surface area contributed by atoms with Crippen molar-refractivity contribution < 1.29 is 4.57 Å². The summed E-state index contributed by atoms with van der Waals surface area (Å²) in [6.45, 7) is 0. The lowest BCUT2D eigenvalue weighted by atomic mass is 9.87. The Morgan fingerprint density at radius 1 is 1.04 bits per heavy atom. The minimum absolute atomic E-state index is 0.0441. The van der Waals surface area contributed by atoms with E-state index in [1.165, 1.54) is 11.9 Å². The molecule has 3 heterocycles. The fourth-order valence-electron chi connectivity index (χ4n) is 4.04. The highest BCUT2D eigenvalue weighted by molar-refractivity contribution is 6.15. The highest BCUT2D eigenvalue weighted by Crippen LogP contribution is 2.35. The van der Waals surface area contributed by atoms with Gasteiger partial charge in [-0.25, -0.2) is 0 Å². The molecule has 0 fully saturated rings. The third-order valence-corrected chi connectivity index (χ3v) is 5.21. The summed E-state index contributed by atoms with van der Waals surface area (Å²) in [4.78, 5) is 16.2. The van der Waals surface area contributed by atoms with Crippen molar-refractivity contribution in [1.82, 2.24) is 15.2 Å². The summed E-state index contributed by atoms with van der Waals surface area (Å²) in [5.41, 5.74) is 6.06. The van der Waals surface area contributed by atoms with E-state index in [0.29, 0.717) is 5.69 Å². The van der Waals surface area contributed by atoms with Gasteiger partial charge in [-0.3, -0.25) is 9.89 Å². The van der Waals surface area contributed by atoms with Crippen molar-refractivity contribution in [2.24, 2.45) is 0 Å². The van der Waals surface area contributed by atoms with Gasteiger partial charge in [0.1, 0.15) is 0 Å². The number of aromatic nitrogens is 4. The Hall–Kier alpha value is -2.92. The Morgan fingerprint density at radius 3 is 2.64 bits per heavy atom. The molecule has 1 aromatic carbocycles. The summed E-state index contributed by atoms with van der Waals surface area (Å²) in [6.07, 6.45) is 11.4. The van der Waals surface area contributed by atoms with Gasteiger partial charge < -0.3 is 4.98 Å². The van der Waals surface area contributed by atoms with Crippen molar-refractivity contribution in [2.45, 2.75) is 25.7 Å². The second kappa shape index (κ2) is 7.98. The molecule has 5 nitrogen and oxygen atoms in total. The van der Waals surface area contributed by atoms with Crippen molar-refractivity contribution in [3.63, 3.8) is 0 Å². The topological polar surface area (TPSA) is 65.4 Å². The number of H-pyrrole nitrogens is 2. The van der Waals surface area contributed by atoms with Gasteiger partial charge in [0.15, 0.2) is 12.4 Å². The first-order chi connectivity index (χ1) is 13.8. The van der Waals surface area contributed by atoms with Crippen LogP contribution in [0.4, 0.5) is 0 Å². The number of nitrogens with zero attached hydrogens (tertiary/aromatic N) is 2. The summed E-state index contributed by atoms with van der Waals surface area (Å²) in [5.74, 6) is 0. The molecule has 0 aliphatic heterocycles. The number of hydrogen-bond acceptors (Lipinski definition) is 2. The van der Waals surface area contributed by atoms with Gasteiger partial charge in [0.25, 0.3) is 5.69 Å². The molecule has 6 heteroatoms. The summed E-state index contributed by atoms with van der Waals surface area (Å²) in [6, 6.07) is 12.0. The average Bonchev–Trinajstić information content (AvgIpc) is 3.24. The zero-order chi connectivity index (χ0) is 19.5. The Bertz CT molecular complexity index is 1160. The van der Waals surface area contributed by atoms with Crippen LogP contribution in [0.3, 0.4) is 0 Å². The van der Waals surface area contributed by atoms with Crippen LogP contribution < -0.4 is 10.1 Å². The SMILES string of the molecule is CCl.O=c1[nH]c2c(c(-c3cccc4[nH]ncc34)c1-[n+]1ccccc1)CCCC2. The number of pyridine rings is 2. The first kappa shape index (κ1) is 18.4. The van der Waals surface area contributed by atoms with E-state index in [0.717, 1.165) is 53.4 Å². The molecule has 1 aliphatic rings. The van der Waals surface area contributed by atoms with Crippen molar-refractivity contribution in [2.75, 3.05) is 6.38 Å². The van der Waals surface area contributed by atoms with Crippen LogP contribution in [-0.2, 0) is 12.8 Å². The maximum absolute atomic E-state index is 13.1. The quantitative estimate of drug-likeness (QED) is 0.400. The summed E-state index contributed by atoms with van der Waals surface area (Å²) in [7, 11) is 0. The van der Waals surface area contributed by atoms with Gasteiger partial charge in [-0.2, -0.15) is 9.67 Å². The van der Waals surface area contributed by atoms with Crippen molar-refractivity contribution in [1.29, 1.82) is 0 Å². The van der Waals surface area contributed by atoms with E-state index in [2.05, 4.69) is 32.8 Å². The van der Waals surface area contributed by atoms with E-state index in [1.54, 1.807) is 0 Å². The third-order valence-electron chi connectivity index (χ3n) is 5.21. The minimum atomic E-state index is -0.0441. The molecule has 0 bridgehead atoms. The molecule has 5 rings (SSSR count). The number of alkyl halides is 1. The van der Waals surface area contributed by atoms with E-state index in [1.807, 2.05) is 53.5 Å². The van der Waals surface area contributed by atoms with Crippen LogP contribution in [0.5, 0.6) is 0 Å². The molecule has 3 aromatic heterocycles. The molecule has 28 heavy (non-hydrogen) atoms. The van der Waals surface area contributed by atoms with Gasteiger partial charge in [0.05, 0.1) is 17.3 Å². The number of hydrogen-bond donors (Lipinski definition) is 2. The fraction of sp³-hybridized carbons (Fsp3) is 0.227. The standard InChI is InChI=1S/C21H18N4O.CH3Cl/c26-21-20(25-11-4-1-5-12-25)19(15-7-2-3-9-17(15)23-21)14-8-6-10-18-16(14)13-22-24-18;1-2/h1,4-6,8,10-13H,2-3,7,9H2,(H-,22,23,24,26);1H3/p+1. The largest absolute Gasteiger partial charge is 0.321 e. The lowest BCUT2D eigenvalue weighted by molar-refractivity contribution is -0.596. The highest BCUT2D eigenvalue weighted by atomic mass is 35.5. The van der Waals surface area contributed by atoms with Gasteiger partial charge in [0.2, 0.25) is 0 Å². The van der Waals surface area contributed by atoms with Gasteiger partial charge in [-0.05, 0) is 42.9 Å². The zero-order valence-electron chi connectivity index (χ0n) is 15.7. The van der Waals surface area contributed by atoms with Crippen LogP contribution in [-0.4, -0.2) is 21.6 Å². The van der Waals surface area contributed by atoms with Gasteiger partial charge >= 0.3 is 5.56 Å². The average molecular weight is 394 g/mol. The maximum atomic E-state index is 13.1. The highest BCUT2D eigenvalue weighted by Gasteiger charge is 2.27. The van der Waals surface area contributed by atoms with Crippen molar-refractivity contribution in [3.05, 3.63) is 76.6 Å². The molecule has 0 saturated carbocycles. The third kappa shape index (κ3) is 3.12. The first-order valence-corrected chi connectivity index (χ1v) is 10.1. The Morgan fingerprint density at radius 2 is 1.82 bits per heavy atom. The molecule has 4 aromatic rings. The van der Waals surface area contributed by atoms with Crippen LogP contribution in [0.25, 0.3) is 27.7 Å². The molecule has 142 valence electrons. The number of aromatic amines is 2. The van der Waals surface area contributed by atoms with E-state index in [-0.39, 0.29) is 5.56 Å². The molecule has 0 spiro atoms. The van der Waals surface area contributed by atoms with Crippen LogP contribution >= 0.6 is 11.6 Å². The molecule has 0 unspecified atom stereocenters. The number of fused-ring (bicyclic) bond motifs is 2. The van der Waals surface area contributed by atoms with Crippen LogP contribution in [0.15, 0.2) is 59.8 Å². The van der Waals surface area contributed by atoms with E-state index in [4.69, 9.17) is 0 Å². The summed E-state index contributed by atoms with van der Waals surface area (Å²) in [5, 5.41) is 8.29. The number of nitrogens with one attached hydrogen (secondary N) is 2. The van der Waals surface area contributed by atoms with Gasteiger partial charge in [-0.1, -0.05) is 18.2 Å². The fourth-order valence-corrected chi connectivity index (χ4v) is 4.04. The smallest absolute Gasteiger partial charge is 0.320 e. The first-order valence-electron chi connectivity index (χ1n) is 9.38. The minimum Gasteiger partial charge on any atom is -0.320 e. The van der Waals surface area contributed by atoms with E-state index in [9.17, 15) is 4.79 Å². The second-order valence-electron chi connectivity index (χ2n) is 6.76. The monoisotopic (exact) mass is 393 g/mol. The predicted octanol–water partition coefficient (Wildman–Crippen LogP) is 3.93. The number of benzene rings is 1. The van der Waals surface area contributed by atoms with Crippen LogP contribution in [0, 0.1) is 0 Å². The van der Waals surface area contributed by atoms with Crippen molar-refractivity contribution >= 4 is 22.5 Å². The lowest BCUT2D eigenvalue weighted by Gasteiger charge is -2.20. The lowest BCUT2D eigenvalue weighted by Crippen LogP contribution is -2.38. The zero-order valence-corrected chi connectivity index (χ0v) is 16.5. The number of rotatable bonds is 2. The van der Waals surface area contributed by atoms with Crippen molar-refractivity contribution in [3.8, 4) is 16.8 Å². The van der Waals surface area contributed by atoms with Crippen LogP contribution in [0.2, 0.25) is 0 Å². The normalized spacial score (nSPS) is 12.9. The number of halogens is 1. The Balaban J connectivity index is 0.000000932. The van der Waals surface area contributed by atoms with Crippen LogP contribution in [0.1, 0.15) is 24.1 Å². The van der Waals surface area contributed by atoms with Gasteiger partial charge in [-0.15, -0.1) is 11.6 Å². The molecule has 0 amide bonds. The van der Waals surface area contributed by atoms with E-state index < -0.39 is 0 Å². The van der Waals surface area contributed by atoms with Gasteiger partial charge in [0, 0.05) is 29.6 Å². The molecular formula is C22H22ClN4O+. The predicted molar refractivity (Wildman–Crippen MR) is 112 cm³/mol. The molecule has 0 saturated heterocycles. The Kier molecular flexibility index (Phi) is 5.26. The molecule has 1 aliphatic carbocycles. The molecular weight excluding hydrogens is 372 g/mol. The molecule has 0 radical (unpaired) electrons. The van der Waals surface area contributed by atoms with E-state index >= 15 is 0 Å². The maximum Gasteiger partial charge on any atom is 0.321 e. The Labute approximate surface area is 168 Å². The summed E-state index contributed by atoms with van der Waals surface area (Å²) >= 11 is 4.64. The second-order valence-corrected chi connectivity index (χ2v) is 6.76.